The molecule has 7 nitrogen and oxygen atoms in total. The minimum atomic E-state index is -0.589. The molecular formula is C12H8N4O3S. The fourth-order valence-corrected chi connectivity index (χ4v) is 2.06. The Kier molecular flexibility index (Phi) is 3.46. The van der Waals surface area contributed by atoms with E-state index in [-0.39, 0.29) is 18.2 Å². The molecule has 0 aliphatic heterocycles. The van der Waals surface area contributed by atoms with E-state index < -0.39 is 5.97 Å². The molecule has 3 aromatic rings. The van der Waals surface area contributed by atoms with Crippen LogP contribution < -0.4 is 0 Å². The largest absolute Gasteiger partial charge is 0.451 e. The highest BCUT2D eigenvalue weighted by Crippen LogP contribution is 2.18. The highest BCUT2D eigenvalue weighted by molar-refractivity contribution is 7.08. The van der Waals surface area contributed by atoms with E-state index in [4.69, 9.17) is 9.26 Å². The summed E-state index contributed by atoms with van der Waals surface area (Å²) in [4.78, 5) is 23.4. The number of carbonyl (C=O) groups is 1. The molecule has 3 aromatic heterocycles. The van der Waals surface area contributed by atoms with Crippen LogP contribution in [0.25, 0.3) is 11.4 Å². The zero-order chi connectivity index (χ0) is 13.8. The summed E-state index contributed by atoms with van der Waals surface area (Å²) in [6.07, 6.45) is 4.22. The first-order valence-electron chi connectivity index (χ1n) is 5.61. The maximum Gasteiger partial charge on any atom is 0.359 e. The normalized spacial score (nSPS) is 10.4. The van der Waals surface area contributed by atoms with Crippen LogP contribution in [0.5, 0.6) is 0 Å². The summed E-state index contributed by atoms with van der Waals surface area (Å²) < 4.78 is 10.0. The Bertz CT molecular complexity index is 697. The number of hydrogen-bond acceptors (Lipinski definition) is 8. The van der Waals surface area contributed by atoms with Crippen molar-refractivity contribution in [2.75, 3.05) is 0 Å². The second-order valence-electron chi connectivity index (χ2n) is 3.69. The van der Waals surface area contributed by atoms with Gasteiger partial charge in [-0.15, -0.1) is 0 Å². The standard InChI is InChI=1S/C12H8N4O3S/c17-12(9-5-13-2-3-14-9)18-6-10-15-11(16-19-10)8-1-4-20-7-8/h1-5,7H,6H2. The molecule has 0 aromatic carbocycles. The third-order valence-corrected chi connectivity index (χ3v) is 3.03. The van der Waals surface area contributed by atoms with Gasteiger partial charge in [0, 0.05) is 23.3 Å². The van der Waals surface area contributed by atoms with Crippen LogP contribution in [0.1, 0.15) is 16.4 Å². The van der Waals surface area contributed by atoms with Gasteiger partial charge in [0.1, 0.15) is 0 Å². The van der Waals surface area contributed by atoms with Crippen LogP contribution in [0.4, 0.5) is 0 Å². The highest BCUT2D eigenvalue weighted by atomic mass is 32.1. The molecule has 0 atom stereocenters. The molecule has 0 N–H and O–H groups in total. The summed E-state index contributed by atoms with van der Waals surface area (Å²) in [5.74, 6) is 0.105. The zero-order valence-corrected chi connectivity index (χ0v) is 10.9. The first kappa shape index (κ1) is 12.4. The number of esters is 1. The summed E-state index contributed by atoms with van der Waals surface area (Å²) >= 11 is 1.54. The summed E-state index contributed by atoms with van der Waals surface area (Å²) in [6, 6.07) is 1.88. The van der Waals surface area contributed by atoms with Gasteiger partial charge in [-0.1, -0.05) is 5.16 Å². The number of aromatic nitrogens is 4. The Morgan fingerprint density at radius 2 is 2.35 bits per heavy atom. The first-order chi connectivity index (χ1) is 9.83. The molecule has 0 spiro atoms. The molecule has 20 heavy (non-hydrogen) atoms. The minimum absolute atomic E-state index is 0.105. The quantitative estimate of drug-likeness (QED) is 0.677. The van der Waals surface area contributed by atoms with Gasteiger partial charge in [-0.2, -0.15) is 16.3 Å². The third-order valence-electron chi connectivity index (χ3n) is 2.35. The molecule has 0 saturated carbocycles. The van der Waals surface area contributed by atoms with Crippen LogP contribution in [-0.2, 0) is 11.3 Å². The third kappa shape index (κ3) is 2.69. The van der Waals surface area contributed by atoms with Gasteiger partial charge in [-0.25, -0.2) is 9.78 Å². The van der Waals surface area contributed by atoms with Crippen LogP contribution in [-0.4, -0.2) is 26.1 Å². The van der Waals surface area contributed by atoms with E-state index in [0.29, 0.717) is 5.82 Å². The van der Waals surface area contributed by atoms with Crippen molar-refractivity contribution in [1.29, 1.82) is 0 Å². The Morgan fingerprint density at radius 3 is 3.10 bits per heavy atom. The highest BCUT2D eigenvalue weighted by Gasteiger charge is 2.13. The molecule has 0 saturated heterocycles. The monoisotopic (exact) mass is 288 g/mol. The number of carbonyl (C=O) groups excluding carboxylic acids is 1. The molecule has 0 fully saturated rings. The van der Waals surface area contributed by atoms with E-state index in [1.807, 2.05) is 16.8 Å². The average Bonchev–Trinajstić information content (AvgIpc) is 3.16. The zero-order valence-electron chi connectivity index (χ0n) is 10.1. The molecule has 0 unspecified atom stereocenters. The van der Waals surface area contributed by atoms with E-state index in [9.17, 15) is 4.79 Å². The molecule has 3 heterocycles. The van der Waals surface area contributed by atoms with Crippen LogP contribution in [0.3, 0.4) is 0 Å². The molecule has 100 valence electrons. The van der Waals surface area contributed by atoms with Crippen molar-refractivity contribution in [3.8, 4) is 11.4 Å². The van der Waals surface area contributed by atoms with Crippen molar-refractivity contribution >= 4 is 17.3 Å². The van der Waals surface area contributed by atoms with Gasteiger partial charge in [0.2, 0.25) is 5.82 Å². The van der Waals surface area contributed by atoms with Gasteiger partial charge in [0.25, 0.3) is 5.89 Å². The van der Waals surface area contributed by atoms with Crippen molar-refractivity contribution in [3.63, 3.8) is 0 Å². The molecule has 0 amide bonds. The fourth-order valence-electron chi connectivity index (χ4n) is 1.43. The summed E-state index contributed by atoms with van der Waals surface area (Å²) in [5.41, 5.74) is 0.996. The maximum absolute atomic E-state index is 11.6. The molecule has 3 rings (SSSR count). The predicted molar refractivity (Wildman–Crippen MR) is 68.8 cm³/mol. The van der Waals surface area contributed by atoms with Crippen LogP contribution >= 0.6 is 11.3 Å². The smallest absolute Gasteiger partial charge is 0.359 e. The van der Waals surface area contributed by atoms with E-state index in [1.165, 1.54) is 29.9 Å². The summed E-state index contributed by atoms with van der Waals surface area (Å²) in [5, 5.41) is 7.63. The van der Waals surface area contributed by atoms with Crippen LogP contribution in [0.15, 0.2) is 39.9 Å². The van der Waals surface area contributed by atoms with Gasteiger partial charge < -0.3 is 9.26 Å². The van der Waals surface area contributed by atoms with Gasteiger partial charge in [0.05, 0.1) is 6.20 Å². The molecule has 0 radical (unpaired) electrons. The van der Waals surface area contributed by atoms with Crippen molar-refractivity contribution < 1.29 is 14.1 Å². The number of hydrogen-bond donors (Lipinski definition) is 0. The van der Waals surface area contributed by atoms with Crippen molar-refractivity contribution in [1.82, 2.24) is 20.1 Å². The lowest BCUT2D eigenvalue weighted by Gasteiger charge is -1.99. The lowest BCUT2D eigenvalue weighted by Crippen LogP contribution is -2.07. The lowest BCUT2D eigenvalue weighted by molar-refractivity contribution is 0.0422. The van der Waals surface area contributed by atoms with Gasteiger partial charge in [-0.05, 0) is 11.4 Å². The summed E-state index contributed by atoms with van der Waals surface area (Å²) in [6.45, 7) is -0.105. The van der Waals surface area contributed by atoms with Crippen LogP contribution in [0.2, 0.25) is 0 Å². The lowest BCUT2D eigenvalue weighted by atomic mass is 10.3. The molecule has 0 aliphatic rings. The van der Waals surface area contributed by atoms with Crippen LogP contribution in [0, 0.1) is 0 Å². The van der Waals surface area contributed by atoms with Crippen molar-refractivity contribution in [2.45, 2.75) is 6.61 Å². The van der Waals surface area contributed by atoms with Gasteiger partial charge in [0.15, 0.2) is 12.3 Å². The number of thiophene rings is 1. The fraction of sp³-hybridized carbons (Fsp3) is 0.0833. The van der Waals surface area contributed by atoms with E-state index in [1.54, 1.807) is 0 Å². The first-order valence-corrected chi connectivity index (χ1v) is 6.55. The SMILES string of the molecule is O=C(OCc1nc(-c2ccsc2)no1)c1cnccn1. The van der Waals surface area contributed by atoms with Gasteiger partial charge in [-0.3, -0.25) is 4.98 Å². The number of ether oxygens (including phenoxy) is 1. The Morgan fingerprint density at radius 1 is 1.40 bits per heavy atom. The Balaban J connectivity index is 1.63. The van der Waals surface area contributed by atoms with Gasteiger partial charge >= 0.3 is 5.97 Å². The minimum Gasteiger partial charge on any atom is -0.451 e. The maximum atomic E-state index is 11.6. The second-order valence-corrected chi connectivity index (χ2v) is 4.47. The van der Waals surface area contributed by atoms with Crippen molar-refractivity contribution in [2.24, 2.45) is 0 Å². The Labute approximate surface area is 117 Å². The second kappa shape index (κ2) is 5.57. The number of nitrogens with zero attached hydrogens (tertiary/aromatic N) is 4. The molecule has 0 bridgehead atoms. The van der Waals surface area contributed by atoms with E-state index in [2.05, 4.69) is 20.1 Å². The average molecular weight is 288 g/mol. The molecule has 8 heteroatoms. The van der Waals surface area contributed by atoms with E-state index >= 15 is 0 Å². The Hall–Kier alpha value is -2.61. The predicted octanol–water partition coefficient (Wildman–Crippen LogP) is 1.95. The topological polar surface area (TPSA) is 91.0 Å². The summed E-state index contributed by atoms with van der Waals surface area (Å²) in [7, 11) is 0. The molecule has 0 aliphatic carbocycles. The number of rotatable bonds is 4. The van der Waals surface area contributed by atoms with E-state index in [0.717, 1.165) is 5.56 Å². The van der Waals surface area contributed by atoms with Crippen molar-refractivity contribution in [3.05, 3.63) is 47.0 Å². The molecular weight excluding hydrogens is 280 g/mol.